The van der Waals surface area contributed by atoms with Crippen LogP contribution in [-0.2, 0) is 16.4 Å². The van der Waals surface area contributed by atoms with Crippen molar-refractivity contribution >= 4 is 33.2 Å². The number of rotatable bonds is 6. The first-order chi connectivity index (χ1) is 9.38. The first kappa shape index (κ1) is 16.1. The molecule has 0 bridgehead atoms. The minimum absolute atomic E-state index is 0.323. The van der Waals surface area contributed by atoms with E-state index in [0.29, 0.717) is 26.8 Å². The van der Waals surface area contributed by atoms with Gasteiger partial charge >= 0.3 is 0 Å². The fraction of sp³-hybridized carbons (Fsp3) is 0.571. The van der Waals surface area contributed by atoms with E-state index in [9.17, 15) is 8.42 Å². The molecular formula is C14H20ClNO2S2. The number of hydrogen-bond acceptors (Lipinski definition) is 4. The van der Waals surface area contributed by atoms with Crippen molar-refractivity contribution in [3.8, 4) is 0 Å². The lowest BCUT2D eigenvalue weighted by Crippen LogP contribution is -2.43. The molecule has 0 aromatic heterocycles. The molecule has 3 nitrogen and oxygen atoms in total. The standard InChI is InChI=1S/C14H20ClNO2S2/c1-19-14(7-4-8-14)10-16-9-11-12(15)5-3-6-13(11)20(2,17)18/h3,5-6,16H,4,7-10H2,1-2H3. The second-order valence-corrected chi connectivity index (χ2v) is 9.00. The third-order valence-electron chi connectivity index (χ3n) is 3.92. The Balaban J connectivity index is 2.10. The normalized spacial score (nSPS) is 17.8. The molecule has 0 atom stereocenters. The van der Waals surface area contributed by atoms with Crippen molar-refractivity contribution in [3.05, 3.63) is 28.8 Å². The van der Waals surface area contributed by atoms with Gasteiger partial charge in [0.05, 0.1) is 4.90 Å². The van der Waals surface area contributed by atoms with Gasteiger partial charge in [-0.2, -0.15) is 11.8 Å². The Morgan fingerprint density at radius 1 is 1.40 bits per heavy atom. The Morgan fingerprint density at radius 2 is 2.10 bits per heavy atom. The minimum Gasteiger partial charge on any atom is -0.311 e. The highest BCUT2D eigenvalue weighted by atomic mass is 35.5. The summed E-state index contributed by atoms with van der Waals surface area (Å²) >= 11 is 8.05. The topological polar surface area (TPSA) is 46.2 Å². The van der Waals surface area contributed by atoms with Crippen LogP contribution in [0.4, 0.5) is 0 Å². The molecule has 0 saturated heterocycles. The maximum Gasteiger partial charge on any atom is 0.175 e. The molecule has 1 aliphatic carbocycles. The molecule has 20 heavy (non-hydrogen) atoms. The van der Waals surface area contributed by atoms with Crippen molar-refractivity contribution in [1.82, 2.24) is 5.32 Å². The third-order valence-corrected chi connectivity index (χ3v) is 6.88. The summed E-state index contributed by atoms with van der Waals surface area (Å²) in [5.74, 6) is 0. The van der Waals surface area contributed by atoms with Gasteiger partial charge in [-0.05, 0) is 31.2 Å². The lowest BCUT2D eigenvalue weighted by atomic mass is 9.84. The van der Waals surface area contributed by atoms with Crippen molar-refractivity contribution in [1.29, 1.82) is 0 Å². The number of sulfone groups is 1. The van der Waals surface area contributed by atoms with Crippen LogP contribution in [0.3, 0.4) is 0 Å². The largest absolute Gasteiger partial charge is 0.311 e. The number of thioether (sulfide) groups is 1. The van der Waals surface area contributed by atoms with Crippen LogP contribution in [0, 0.1) is 0 Å². The highest BCUT2D eigenvalue weighted by molar-refractivity contribution is 8.00. The summed E-state index contributed by atoms with van der Waals surface area (Å²) in [5, 5.41) is 3.89. The van der Waals surface area contributed by atoms with E-state index in [2.05, 4.69) is 11.6 Å². The monoisotopic (exact) mass is 333 g/mol. The highest BCUT2D eigenvalue weighted by Gasteiger charge is 2.35. The molecule has 1 aromatic rings. The summed E-state index contributed by atoms with van der Waals surface area (Å²) in [4.78, 5) is 0.323. The van der Waals surface area contributed by atoms with Gasteiger partial charge in [0.1, 0.15) is 0 Å². The quantitative estimate of drug-likeness (QED) is 0.868. The van der Waals surface area contributed by atoms with Gasteiger partial charge in [0, 0.05) is 34.7 Å². The van der Waals surface area contributed by atoms with Crippen LogP contribution in [0.15, 0.2) is 23.1 Å². The Morgan fingerprint density at radius 3 is 2.60 bits per heavy atom. The van der Waals surface area contributed by atoms with Crippen molar-refractivity contribution in [2.45, 2.75) is 35.4 Å². The van der Waals surface area contributed by atoms with E-state index >= 15 is 0 Å². The maximum absolute atomic E-state index is 11.8. The first-order valence-electron chi connectivity index (χ1n) is 6.61. The molecule has 0 heterocycles. The van der Waals surface area contributed by atoms with E-state index < -0.39 is 9.84 Å². The van der Waals surface area contributed by atoms with Crippen LogP contribution in [0.25, 0.3) is 0 Å². The number of benzene rings is 1. The SMILES string of the molecule is CSC1(CNCc2c(Cl)cccc2S(C)(=O)=O)CCC1. The lowest BCUT2D eigenvalue weighted by molar-refractivity contribution is 0.345. The van der Waals surface area contributed by atoms with Crippen LogP contribution in [0.2, 0.25) is 5.02 Å². The first-order valence-corrected chi connectivity index (χ1v) is 10.1. The zero-order valence-electron chi connectivity index (χ0n) is 11.8. The van der Waals surface area contributed by atoms with Crippen LogP contribution in [0.5, 0.6) is 0 Å². The second kappa shape index (κ2) is 6.26. The van der Waals surface area contributed by atoms with Gasteiger partial charge in [0.25, 0.3) is 0 Å². The molecule has 0 unspecified atom stereocenters. The summed E-state index contributed by atoms with van der Waals surface area (Å²) in [6, 6.07) is 5.03. The van der Waals surface area contributed by atoms with E-state index in [1.807, 2.05) is 11.8 Å². The molecule has 0 spiro atoms. The van der Waals surface area contributed by atoms with Crippen molar-refractivity contribution < 1.29 is 8.42 Å². The van der Waals surface area contributed by atoms with E-state index in [0.717, 1.165) is 6.54 Å². The highest BCUT2D eigenvalue weighted by Crippen LogP contribution is 2.42. The third kappa shape index (κ3) is 3.50. The van der Waals surface area contributed by atoms with Gasteiger partial charge in [-0.1, -0.05) is 24.1 Å². The van der Waals surface area contributed by atoms with Gasteiger partial charge < -0.3 is 5.32 Å². The molecule has 2 rings (SSSR count). The summed E-state index contributed by atoms with van der Waals surface area (Å²) in [6.07, 6.45) is 7.09. The predicted molar refractivity (Wildman–Crippen MR) is 86.4 cm³/mol. The minimum atomic E-state index is -3.25. The molecule has 112 valence electrons. The Hall–Kier alpha value is -0.230. The summed E-state index contributed by atoms with van der Waals surface area (Å²) < 4.78 is 23.9. The Labute approximate surface area is 130 Å². The average Bonchev–Trinajstić information content (AvgIpc) is 2.33. The molecule has 0 aliphatic heterocycles. The molecule has 1 fully saturated rings. The van der Waals surface area contributed by atoms with Crippen molar-refractivity contribution in [2.75, 3.05) is 19.1 Å². The molecule has 1 N–H and O–H groups in total. The van der Waals surface area contributed by atoms with Gasteiger partial charge in [-0.25, -0.2) is 8.42 Å². The fourth-order valence-corrected chi connectivity index (χ4v) is 4.69. The second-order valence-electron chi connectivity index (χ2n) is 5.33. The van der Waals surface area contributed by atoms with E-state index in [1.54, 1.807) is 18.2 Å². The molecule has 0 amide bonds. The molecule has 1 saturated carbocycles. The van der Waals surface area contributed by atoms with Crippen LogP contribution in [0.1, 0.15) is 24.8 Å². The molecule has 0 radical (unpaired) electrons. The zero-order chi connectivity index (χ0) is 14.8. The van der Waals surface area contributed by atoms with Gasteiger partial charge in [0.2, 0.25) is 0 Å². The number of halogens is 1. The Kier molecular flexibility index (Phi) is 5.05. The number of nitrogens with one attached hydrogen (secondary N) is 1. The number of hydrogen-bond donors (Lipinski definition) is 1. The average molecular weight is 334 g/mol. The van der Waals surface area contributed by atoms with Crippen LogP contribution >= 0.6 is 23.4 Å². The van der Waals surface area contributed by atoms with Gasteiger partial charge in [-0.15, -0.1) is 0 Å². The predicted octanol–water partition coefficient (Wildman–Crippen LogP) is 3.12. The summed E-state index contributed by atoms with van der Waals surface area (Å²) in [6.45, 7) is 1.38. The summed E-state index contributed by atoms with van der Waals surface area (Å²) in [7, 11) is -3.25. The fourth-order valence-electron chi connectivity index (χ4n) is 2.50. The summed E-state index contributed by atoms with van der Waals surface area (Å²) in [5.41, 5.74) is 0.673. The zero-order valence-corrected chi connectivity index (χ0v) is 14.2. The van der Waals surface area contributed by atoms with Crippen molar-refractivity contribution in [2.24, 2.45) is 0 Å². The lowest BCUT2D eigenvalue weighted by Gasteiger charge is -2.40. The van der Waals surface area contributed by atoms with Crippen LogP contribution in [-0.4, -0.2) is 32.2 Å². The maximum atomic E-state index is 11.8. The van der Waals surface area contributed by atoms with E-state index in [4.69, 9.17) is 11.6 Å². The molecular weight excluding hydrogens is 314 g/mol. The molecule has 1 aliphatic rings. The van der Waals surface area contributed by atoms with Crippen molar-refractivity contribution in [3.63, 3.8) is 0 Å². The Bertz CT molecular complexity index is 577. The smallest absolute Gasteiger partial charge is 0.175 e. The molecule has 6 heteroatoms. The van der Waals surface area contributed by atoms with Gasteiger partial charge in [0.15, 0.2) is 9.84 Å². The van der Waals surface area contributed by atoms with E-state index in [-0.39, 0.29) is 0 Å². The van der Waals surface area contributed by atoms with E-state index in [1.165, 1.54) is 25.5 Å². The molecule has 1 aromatic carbocycles. The van der Waals surface area contributed by atoms with Crippen LogP contribution < -0.4 is 5.32 Å². The van der Waals surface area contributed by atoms with Gasteiger partial charge in [-0.3, -0.25) is 0 Å².